The molecule has 0 bridgehead atoms. The Hall–Kier alpha value is -4.09. The minimum absolute atomic E-state index is 0.0761. The van der Waals surface area contributed by atoms with Crippen molar-refractivity contribution in [2.75, 3.05) is 13.2 Å². The van der Waals surface area contributed by atoms with Gasteiger partial charge in [0.15, 0.2) is 0 Å². The van der Waals surface area contributed by atoms with E-state index < -0.39 is 53.2 Å². The Morgan fingerprint density at radius 3 is 2.62 bits per heavy atom. The summed E-state index contributed by atoms with van der Waals surface area (Å²) in [5.41, 5.74) is -2.42. The molecule has 0 radical (unpaired) electrons. The molecule has 1 aromatic carbocycles. The van der Waals surface area contributed by atoms with E-state index in [0.717, 1.165) is 22.9 Å². The largest absolute Gasteiger partial charge is 0.506 e. The molecular formula is C20H14F3N3O6. The summed E-state index contributed by atoms with van der Waals surface area (Å²) >= 11 is 0. The molecule has 0 fully saturated rings. The zero-order valence-corrected chi connectivity index (χ0v) is 16.0. The number of aromatic nitrogens is 2. The maximum atomic E-state index is 13.3. The Labute approximate surface area is 176 Å². The molecule has 3 heterocycles. The third-order valence-corrected chi connectivity index (χ3v) is 4.96. The molecular weight excluding hydrogens is 435 g/mol. The van der Waals surface area contributed by atoms with Crippen LogP contribution in [0.4, 0.5) is 13.2 Å². The van der Waals surface area contributed by atoms with Crippen LogP contribution in [-0.2, 0) is 11.0 Å². The molecule has 0 saturated heterocycles. The molecule has 3 aromatic rings. The molecule has 0 aliphatic carbocycles. The summed E-state index contributed by atoms with van der Waals surface area (Å²) in [6, 6.07) is 5.43. The van der Waals surface area contributed by atoms with Gasteiger partial charge in [0.1, 0.15) is 35.9 Å². The average molecular weight is 449 g/mol. The average Bonchev–Trinajstić information content (AvgIpc) is 2.75. The van der Waals surface area contributed by atoms with Crippen molar-refractivity contribution in [1.82, 2.24) is 14.9 Å². The number of carboxylic acids is 1. The maximum absolute atomic E-state index is 13.3. The number of alkyl halides is 3. The van der Waals surface area contributed by atoms with Gasteiger partial charge in [-0.2, -0.15) is 13.2 Å². The van der Waals surface area contributed by atoms with E-state index >= 15 is 0 Å². The number of hydrogen-bond acceptors (Lipinski definition) is 6. The van der Waals surface area contributed by atoms with Crippen LogP contribution in [0.1, 0.15) is 27.7 Å². The van der Waals surface area contributed by atoms with E-state index in [1.807, 2.05) is 5.32 Å². The highest BCUT2D eigenvalue weighted by Gasteiger charge is 2.34. The first-order valence-electron chi connectivity index (χ1n) is 9.15. The topological polar surface area (TPSA) is 131 Å². The number of aliphatic carboxylic acids is 1. The van der Waals surface area contributed by atoms with Crippen LogP contribution in [0.3, 0.4) is 0 Å². The number of carbonyl (C=O) groups excluding carboxylic acids is 1. The minimum Gasteiger partial charge on any atom is -0.506 e. The number of rotatable bonds is 4. The normalized spacial score (nSPS) is 15.3. The van der Waals surface area contributed by atoms with Crippen molar-refractivity contribution in [3.8, 4) is 11.5 Å². The number of hydrogen-bond donors (Lipinski definition) is 3. The Morgan fingerprint density at radius 1 is 1.25 bits per heavy atom. The molecule has 3 N–H and O–H groups in total. The lowest BCUT2D eigenvalue weighted by Gasteiger charge is -2.29. The predicted octanol–water partition coefficient (Wildman–Crippen LogP) is 1.92. The predicted molar refractivity (Wildman–Crippen MR) is 103 cm³/mol. The Kier molecular flexibility index (Phi) is 4.99. The van der Waals surface area contributed by atoms with Crippen molar-refractivity contribution in [1.29, 1.82) is 0 Å². The van der Waals surface area contributed by atoms with Crippen LogP contribution in [0.2, 0.25) is 0 Å². The molecule has 2 aromatic heterocycles. The summed E-state index contributed by atoms with van der Waals surface area (Å²) in [7, 11) is 0. The summed E-state index contributed by atoms with van der Waals surface area (Å²) < 4.78 is 45.4. The summed E-state index contributed by atoms with van der Waals surface area (Å²) in [6.45, 7) is -0.939. The van der Waals surface area contributed by atoms with E-state index in [2.05, 4.69) is 4.98 Å². The zero-order chi connectivity index (χ0) is 23.2. The Bertz CT molecular complexity index is 1300. The van der Waals surface area contributed by atoms with Crippen molar-refractivity contribution < 1.29 is 37.7 Å². The van der Waals surface area contributed by atoms with Crippen LogP contribution in [0.25, 0.3) is 10.9 Å². The lowest BCUT2D eigenvalue weighted by atomic mass is 10.0. The number of carbonyl (C=O) groups is 2. The third-order valence-electron chi connectivity index (χ3n) is 4.96. The number of amides is 1. The number of nitrogens with one attached hydrogen (secondary N) is 1. The molecule has 32 heavy (non-hydrogen) atoms. The fraction of sp³-hybridized carbons (Fsp3) is 0.200. The van der Waals surface area contributed by atoms with E-state index in [4.69, 9.17) is 9.84 Å². The van der Waals surface area contributed by atoms with E-state index in [-0.39, 0.29) is 28.8 Å². The van der Waals surface area contributed by atoms with Gasteiger partial charge >= 0.3 is 12.1 Å². The lowest BCUT2D eigenvalue weighted by molar-refractivity contribution is -0.141. The van der Waals surface area contributed by atoms with Crippen molar-refractivity contribution in [2.45, 2.75) is 12.2 Å². The van der Waals surface area contributed by atoms with E-state index in [9.17, 15) is 32.7 Å². The van der Waals surface area contributed by atoms with Crippen LogP contribution in [0.5, 0.6) is 11.5 Å². The lowest BCUT2D eigenvalue weighted by Crippen LogP contribution is -2.39. The van der Waals surface area contributed by atoms with Crippen LogP contribution in [-0.4, -0.2) is 44.8 Å². The summed E-state index contributed by atoms with van der Waals surface area (Å²) in [6.07, 6.45) is -3.69. The number of halogens is 3. The molecule has 0 saturated carbocycles. The fourth-order valence-electron chi connectivity index (χ4n) is 3.54. The first kappa shape index (κ1) is 21.2. The monoisotopic (exact) mass is 449 g/mol. The van der Waals surface area contributed by atoms with Crippen LogP contribution in [0, 0.1) is 0 Å². The highest BCUT2D eigenvalue weighted by atomic mass is 19.4. The highest BCUT2D eigenvalue weighted by molar-refractivity contribution is 6.04. The van der Waals surface area contributed by atoms with Gasteiger partial charge in [0.2, 0.25) is 0 Å². The van der Waals surface area contributed by atoms with Gasteiger partial charge in [0.05, 0.1) is 11.6 Å². The number of benzene rings is 1. The van der Waals surface area contributed by atoms with Gasteiger partial charge < -0.3 is 20.3 Å². The molecule has 12 heteroatoms. The van der Waals surface area contributed by atoms with Gasteiger partial charge in [-0.05, 0) is 23.8 Å². The molecule has 1 atom stereocenters. The van der Waals surface area contributed by atoms with Crippen molar-refractivity contribution >= 4 is 22.8 Å². The van der Waals surface area contributed by atoms with Gasteiger partial charge in [0, 0.05) is 11.6 Å². The molecule has 1 aliphatic heterocycles. The van der Waals surface area contributed by atoms with Crippen molar-refractivity contribution in [3.05, 3.63) is 63.7 Å². The first-order valence-corrected chi connectivity index (χ1v) is 9.15. The van der Waals surface area contributed by atoms with Crippen LogP contribution < -0.4 is 15.6 Å². The van der Waals surface area contributed by atoms with Gasteiger partial charge in [0.25, 0.3) is 11.5 Å². The second kappa shape index (κ2) is 7.55. The summed E-state index contributed by atoms with van der Waals surface area (Å²) in [5.74, 6) is -2.91. The molecule has 1 aliphatic rings. The number of para-hydroxylation sites is 1. The molecule has 1 unspecified atom stereocenters. The summed E-state index contributed by atoms with van der Waals surface area (Å²) in [4.78, 5) is 39.9. The maximum Gasteiger partial charge on any atom is 0.433 e. The number of carboxylic acid groups (broad SMARTS) is 1. The molecule has 9 nitrogen and oxygen atoms in total. The SMILES string of the molecule is O=C(O)CNC(=O)c1c(O)c2cccc3c2n(c1=O)C(c1ccc(C(F)(F)F)nc1)CO3. The number of nitrogens with zero attached hydrogens (tertiary/aromatic N) is 2. The van der Waals surface area contributed by atoms with Crippen LogP contribution >= 0.6 is 0 Å². The standard InChI is InChI=1S/C20H14F3N3O6/c21-20(22,23)13-5-4-9(6-24-13)11-8-32-12-3-1-2-10-16(12)26(11)19(31)15(17(10)29)18(30)25-7-14(27)28/h1-6,11,29H,7-8H2,(H,25,30)(H,27,28). The third kappa shape index (κ3) is 3.49. The molecule has 4 rings (SSSR count). The first-order chi connectivity index (χ1) is 15.1. The smallest absolute Gasteiger partial charge is 0.433 e. The second-order valence-electron chi connectivity index (χ2n) is 6.93. The summed E-state index contributed by atoms with van der Waals surface area (Å²) in [5, 5.41) is 21.5. The van der Waals surface area contributed by atoms with Gasteiger partial charge in [-0.15, -0.1) is 0 Å². The van der Waals surface area contributed by atoms with E-state index in [1.165, 1.54) is 18.2 Å². The zero-order valence-electron chi connectivity index (χ0n) is 16.0. The Balaban J connectivity index is 1.91. The molecule has 1 amide bonds. The van der Waals surface area contributed by atoms with Crippen LogP contribution in [0.15, 0.2) is 41.3 Å². The van der Waals surface area contributed by atoms with Gasteiger partial charge in [-0.25, -0.2) is 0 Å². The fourth-order valence-corrected chi connectivity index (χ4v) is 3.54. The van der Waals surface area contributed by atoms with Crippen molar-refractivity contribution in [3.63, 3.8) is 0 Å². The van der Waals surface area contributed by atoms with E-state index in [1.54, 1.807) is 0 Å². The van der Waals surface area contributed by atoms with Crippen molar-refractivity contribution in [2.24, 2.45) is 0 Å². The van der Waals surface area contributed by atoms with E-state index in [0.29, 0.717) is 0 Å². The number of ether oxygens (including phenoxy) is 1. The Morgan fingerprint density at radius 2 is 2.00 bits per heavy atom. The highest BCUT2D eigenvalue weighted by Crippen LogP contribution is 2.38. The van der Waals surface area contributed by atoms with Gasteiger partial charge in [-0.1, -0.05) is 12.1 Å². The minimum atomic E-state index is -4.65. The molecule has 0 spiro atoms. The second-order valence-corrected chi connectivity index (χ2v) is 6.93. The molecule has 166 valence electrons. The number of aromatic hydroxyl groups is 1. The number of pyridine rings is 2. The van der Waals surface area contributed by atoms with Gasteiger partial charge in [-0.3, -0.25) is 23.9 Å². The quantitative estimate of drug-likeness (QED) is 0.555.